The predicted octanol–water partition coefficient (Wildman–Crippen LogP) is 0.829. The first-order chi connectivity index (χ1) is 9.79. The molecule has 1 amide bonds. The monoisotopic (exact) mass is 283 g/mol. The summed E-state index contributed by atoms with van der Waals surface area (Å²) in [6.45, 7) is 6.41. The summed E-state index contributed by atoms with van der Waals surface area (Å²) in [6, 6.07) is 0. The van der Waals surface area contributed by atoms with Crippen LogP contribution in [0.4, 0.5) is 0 Å². The minimum atomic E-state index is 0.303. The minimum absolute atomic E-state index is 0.303. The molecule has 2 N–H and O–H groups in total. The molecule has 2 fully saturated rings. The molecule has 0 aliphatic carbocycles. The smallest absolute Gasteiger partial charge is 0.222 e. The van der Waals surface area contributed by atoms with E-state index in [-0.39, 0.29) is 0 Å². The topological polar surface area (TPSA) is 58.8 Å². The van der Waals surface area contributed by atoms with Gasteiger partial charge in [0.05, 0.1) is 6.10 Å². The lowest BCUT2D eigenvalue weighted by Crippen LogP contribution is -2.49. The van der Waals surface area contributed by atoms with E-state index < -0.39 is 0 Å². The van der Waals surface area contributed by atoms with Gasteiger partial charge in [-0.3, -0.25) is 9.69 Å². The number of piperazine rings is 1. The van der Waals surface area contributed by atoms with Crippen molar-refractivity contribution >= 4 is 5.91 Å². The van der Waals surface area contributed by atoms with Crippen LogP contribution in [0.15, 0.2) is 0 Å². The van der Waals surface area contributed by atoms with Crippen molar-refractivity contribution in [3.05, 3.63) is 0 Å². The van der Waals surface area contributed by atoms with Gasteiger partial charge in [0.15, 0.2) is 0 Å². The highest BCUT2D eigenvalue weighted by Crippen LogP contribution is 2.17. The van der Waals surface area contributed by atoms with Gasteiger partial charge in [-0.1, -0.05) is 0 Å². The SMILES string of the molecule is NCCCN1CCN(C(=O)CCC2CCCCO2)CC1. The van der Waals surface area contributed by atoms with Crippen molar-refractivity contribution in [1.29, 1.82) is 0 Å². The fraction of sp³-hybridized carbons (Fsp3) is 0.933. The Labute approximate surface area is 122 Å². The van der Waals surface area contributed by atoms with Crippen molar-refractivity contribution in [2.75, 3.05) is 45.9 Å². The van der Waals surface area contributed by atoms with Gasteiger partial charge in [0.25, 0.3) is 0 Å². The van der Waals surface area contributed by atoms with Crippen molar-refractivity contribution in [3.63, 3.8) is 0 Å². The molecule has 5 nitrogen and oxygen atoms in total. The molecule has 0 aromatic carbocycles. The van der Waals surface area contributed by atoms with Crippen molar-refractivity contribution < 1.29 is 9.53 Å². The number of ether oxygens (including phenoxy) is 1. The Bertz CT molecular complexity index is 285. The Hall–Kier alpha value is -0.650. The van der Waals surface area contributed by atoms with E-state index in [0.29, 0.717) is 18.4 Å². The van der Waals surface area contributed by atoms with Gasteiger partial charge >= 0.3 is 0 Å². The van der Waals surface area contributed by atoms with Crippen LogP contribution in [-0.4, -0.2) is 67.7 Å². The summed E-state index contributed by atoms with van der Waals surface area (Å²) in [7, 11) is 0. The average Bonchev–Trinajstić information content (AvgIpc) is 2.52. The first-order valence-electron chi connectivity index (χ1n) is 8.11. The van der Waals surface area contributed by atoms with Crippen LogP contribution in [0.3, 0.4) is 0 Å². The van der Waals surface area contributed by atoms with Gasteiger partial charge in [0.2, 0.25) is 5.91 Å². The van der Waals surface area contributed by atoms with E-state index in [9.17, 15) is 4.79 Å². The molecule has 1 unspecified atom stereocenters. The van der Waals surface area contributed by atoms with Gasteiger partial charge in [0, 0.05) is 39.2 Å². The molecule has 20 heavy (non-hydrogen) atoms. The second-order valence-electron chi connectivity index (χ2n) is 5.89. The zero-order valence-electron chi connectivity index (χ0n) is 12.6. The first-order valence-corrected chi connectivity index (χ1v) is 8.11. The molecule has 0 aromatic heterocycles. The number of rotatable bonds is 6. The van der Waals surface area contributed by atoms with Crippen molar-refractivity contribution in [2.24, 2.45) is 5.73 Å². The maximum atomic E-state index is 12.2. The molecule has 2 aliphatic rings. The van der Waals surface area contributed by atoms with Gasteiger partial charge in [-0.25, -0.2) is 0 Å². The van der Waals surface area contributed by atoms with E-state index in [1.807, 2.05) is 4.90 Å². The van der Waals surface area contributed by atoms with Crippen molar-refractivity contribution in [3.8, 4) is 0 Å². The lowest BCUT2D eigenvalue weighted by atomic mass is 10.0. The Balaban J connectivity index is 1.61. The molecular formula is C15H29N3O2. The lowest BCUT2D eigenvalue weighted by molar-refractivity contribution is -0.134. The highest BCUT2D eigenvalue weighted by atomic mass is 16.5. The van der Waals surface area contributed by atoms with Crippen molar-refractivity contribution in [2.45, 2.75) is 44.6 Å². The predicted molar refractivity (Wildman–Crippen MR) is 79.5 cm³/mol. The highest BCUT2D eigenvalue weighted by molar-refractivity contribution is 5.76. The molecule has 0 aromatic rings. The molecule has 0 spiro atoms. The number of nitrogens with zero attached hydrogens (tertiary/aromatic N) is 2. The molecule has 2 aliphatic heterocycles. The van der Waals surface area contributed by atoms with Crippen LogP contribution in [0.2, 0.25) is 0 Å². The number of hydrogen-bond acceptors (Lipinski definition) is 4. The fourth-order valence-electron chi connectivity index (χ4n) is 3.01. The number of hydrogen-bond donors (Lipinski definition) is 1. The van der Waals surface area contributed by atoms with E-state index in [2.05, 4.69) is 4.90 Å². The molecule has 2 rings (SSSR count). The van der Waals surface area contributed by atoms with Gasteiger partial charge in [-0.15, -0.1) is 0 Å². The van der Waals surface area contributed by atoms with E-state index in [1.165, 1.54) is 12.8 Å². The Morgan fingerprint density at radius 3 is 2.65 bits per heavy atom. The summed E-state index contributed by atoms with van der Waals surface area (Å²) in [5.74, 6) is 0.303. The molecule has 5 heteroatoms. The van der Waals surface area contributed by atoms with Crippen LogP contribution in [0, 0.1) is 0 Å². The van der Waals surface area contributed by atoms with E-state index >= 15 is 0 Å². The zero-order chi connectivity index (χ0) is 14.2. The third-order valence-corrected chi connectivity index (χ3v) is 4.36. The summed E-state index contributed by atoms with van der Waals surface area (Å²) < 4.78 is 5.69. The Kier molecular flexibility index (Phi) is 6.76. The number of carbonyl (C=O) groups excluding carboxylic acids is 1. The normalized spacial score (nSPS) is 24.9. The van der Waals surface area contributed by atoms with Gasteiger partial charge in [-0.05, 0) is 45.2 Å². The zero-order valence-corrected chi connectivity index (χ0v) is 12.6. The third kappa shape index (κ3) is 5.04. The maximum absolute atomic E-state index is 12.2. The summed E-state index contributed by atoms with van der Waals surface area (Å²) in [5, 5.41) is 0. The van der Waals surface area contributed by atoms with Crippen LogP contribution in [-0.2, 0) is 9.53 Å². The quantitative estimate of drug-likeness (QED) is 0.784. The molecule has 2 heterocycles. The number of nitrogens with two attached hydrogens (primary N) is 1. The van der Waals surface area contributed by atoms with Crippen LogP contribution in [0.25, 0.3) is 0 Å². The third-order valence-electron chi connectivity index (χ3n) is 4.36. The second kappa shape index (κ2) is 8.60. The lowest BCUT2D eigenvalue weighted by Gasteiger charge is -2.35. The summed E-state index contributed by atoms with van der Waals surface area (Å²) >= 11 is 0. The average molecular weight is 283 g/mol. The first kappa shape index (κ1) is 15.7. The fourth-order valence-corrected chi connectivity index (χ4v) is 3.01. The molecule has 0 radical (unpaired) electrons. The molecular weight excluding hydrogens is 254 g/mol. The number of carbonyl (C=O) groups is 1. The standard InChI is InChI=1S/C15H29N3O2/c16-7-3-8-17-9-11-18(12-10-17)15(19)6-5-14-4-1-2-13-20-14/h14H,1-13,16H2. The Morgan fingerprint density at radius 2 is 2.00 bits per heavy atom. The van der Waals surface area contributed by atoms with E-state index in [4.69, 9.17) is 10.5 Å². The summed E-state index contributed by atoms with van der Waals surface area (Å²) in [5.41, 5.74) is 5.53. The molecule has 116 valence electrons. The van der Waals surface area contributed by atoms with Crippen LogP contribution in [0.1, 0.15) is 38.5 Å². The Morgan fingerprint density at radius 1 is 1.20 bits per heavy atom. The molecule has 2 saturated heterocycles. The van der Waals surface area contributed by atoms with Crippen LogP contribution in [0.5, 0.6) is 0 Å². The number of amides is 1. The van der Waals surface area contributed by atoms with E-state index in [0.717, 1.165) is 65.1 Å². The van der Waals surface area contributed by atoms with Crippen molar-refractivity contribution in [1.82, 2.24) is 9.80 Å². The largest absolute Gasteiger partial charge is 0.378 e. The van der Waals surface area contributed by atoms with Crippen LogP contribution >= 0.6 is 0 Å². The van der Waals surface area contributed by atoms with Gasteiger partial charge in [0.1, 0.15) is 0 Å². The van der Waals surface area contributed by atoms with Crippen LogP contribution < -0.4 is 5.73 Å². The molecule has 0 saturated carbocycles. The molecule has 0 bridgehead atoms. The highest BCUT2D eigenvalue weighted by Gasteiger charge is 2.22. The molecule has 1 atom stereocenters. The summed E-state index contributed by atoms with van der Waals surface area (Å²) in [4.78, 5) is 16.6. The van der Waals surface area contributed by atoms with E-state index in [1.54, 1.807) is 0 Å². The van der Waals surface area contributed by atoms with Gasteiger partial charge in [-0.2, -0.15) is 0 Å². The van der Waals surface area contributed by atoms with Gasteiger partial charge < -0.3 is 15.4 Å². The second-order valence-corrected chi connectivity index (χ2v) is 5.89. The maximum Gasteiger partial charge on any atom is 0.222 e. The summed E-state index contributed by atoms with van der Waals surface area (Å²) in [6.07, 6.45) is 6.46. The minimum Gasteiger partial charge on any atom is -0.378 e.